The van der Waals surface area contributed by atoms with Crippen LogP contribution in [-0.4, -0.2) is 23.3 Å². The number of nitrogens with zero attached hydrogens (tertiary/aromatic N) is 1. The third kappa shape index (κ3) is 4.10. The monoisotopic (exact) mass is 423 g/mol. The molecule has 0 bridgehead atoms. The molecule has 1 amide bonds. The van der Waals surface area contributed by atoms with Crippen molar-refractivity contribution in [1.82, 2.24) is 0 Å². The van der Waals surface area contributed by atoms with Crippen LogP contribution in [0.5, 0.6) is 0 Å². The Labute approximate surface area is 168 Å². The molecule has 3 rings (SSSR count). The largest absolute Gasteiger partial charge is 0.465 e. The number of rotatable bonds is 3. The lowest BCUT2D eigenvalue weighted by Crippen LogP contribution is -2.27. The summed E-state index contributed by atoms with van der Waals surface area (Å²) in [4.78, 5) is 25.5. The zero-order valence-electron chi connectivity index (χ0n) is 14.3. The summed E-state index contributed by atoms with van der Waals surface area (Å²) in [5.74, 6) is -0.992. The minimum absolute atomic E-state index is 0.0572. The van der Waals surface area contributed by atoms with E-state index in [1.165, 1.54) is 19.2 Å². The average Bonchev–Trinajstić information content (AvgIpc) is 2.94. The maximum atomic E-state index is 12.9. The summed E-state index contributed by atoms with van der Waals surface area (Å²) >= 11 is 6.18. The molecule has 2 aromatic rings. The Morgan fingerprint density at radius 2 is 1.86 bits per heavy atom. The van der Waals surface area contributed by atoms with E-state index in [1.54, 1.807) is 30.3 Å². The Kier molecular flexibility index (Phi) is 5.57. The Hall–Kier alpha value is -2.65. The van der Waals surface area contributed by atoms with Gasteiger partial charge in [0.05, 0.1) is 28.8 Å². The Balaban J connectivity index is 1.88. The fourth-order valence-corrected chi connectivity index (χ4v) is 3.80. The van der Waals surface area contributed by atoms with Gasteiger partial charge in [-0.3, -0.25) is 9.69 Å². The highest BCUT2D eigenvalue weighted by Gasteiger charge is 2.36. The van der Waals surface area contributed by atoms with Gasteiger partial charge in [-0.15, -0.1) is 0 Å². The highest BCUT2D eigenvalue weighted by Crippen LogP contribution is 2.38. The van der Waals surface area contributed by atoms with Crippen LogP contribution < -0.4 is 4.90 Å². The van der Waals surface area contributed by atoms with Crippen LogP contribution in [0.25, 0.3) is 6.08 Å². The first-order valence-corrected chi connectivity index (χ1v) is 9.07. The summed E-state index contributed by atoms with van der Waals surface area (Å²) < 4.78 is 43.6. The number of anilines is 1. The highest BCUT2D eigenvalue weighted by atomic mass is 32.2. The number of thiocarbonyl (C=S) groups is 1. The van der Waals surface area contributed by atoms with Gasteiger partial charge in [0.2, 0.25) is 0 Å². The first kappa shape index (κ1) is 20.1. The Bertz CT molecular complexity index is 985. The number of hydrogen-bond acceptors (Lipinski definition) is 5. The molecule has 1 fully saturated rings. The van der Waals surface area contributed by atoms with Crippen LogP contribution >= 0.6 is 24.0 Å². The highest BCUT2D eigenvalue weighted by molar-refractivity contribution is 8.27. The molecular weight excluding hydrogens is 411 g/mol. The molecule has 0 aliphatic carbocycles. The molecule has 9 heteroatoms. The molecule has 4 nitrogen and oxygen atoms in total. The van der Waals surface area contributed by atoms with Crippen molar-refractivity contribution in [3.8, 4) is 0 Å². The fourth-order valence-electron chi connectivity index (χ4n) is 2.50. The summed E-state index contributed by atoms with van der Waals surface area (Å²) in [6.07, 6.45) is -2.96. The molecule has 0 unspecified atom stereocenters. The van der Waals surface area contributed by atoms with Crippen LogP contribution in [0.15, 0.2) is 53.4 Å². The molecule has 0 aromatic heterocycles. The second kappa shape index (κ2) is 7.76. The second-order valence-corrected chi connectivity index (χ2v) is 7.35. The van der Waals surface area contributed by atoms with Crippen LogP contribution in [0.4, 0.5) is 18.9 Å². The lowest BCUT2D eigenvalue weighted by Gasteiger charge is -2.16. The summed E-state index contributed by atoms with van der Waals surface area (Å²) in [5.41, 5.74) is 0.191. The normalized spacial score (nSPS) is 16.0. The van der Waals surface area contributed by atoms with Gasteiger partial charge >= 0.3 is 12.1 Å². The summed E-state index contributed by atoms with van der Waals surface area (Å²) in [5, 5.41) is 0. The van der Waals surface area contributed by atoms with Gasteiger partial charge < -0.3 is 4.74 Å². The summed E-state index contributed by atoms with van der Waals surface area (Å²) in [6, 6.07) is 10.8. The number of carbonyl (C=O) groups excluding carboxylic acids is 2. The van der Waals surface area contributed by atoms with Gasteiger partial charge in [0.15, 0.2) is 4.32 Å². The lowest BCUT2D eigenvalue weighted by molar-refractivity contribution is -0.137. The van der Waals surface area contributed by atoms with E-state index in [1.807, 2.05) is 0 Å². The summed E-state index contributed by atoms with van der Waals surface area (Å²) in [6.45, 7) is 0. The van der Waals surface area contributed by atoms with Gasteiger partial charge in [0.25, 0.3) is 5.91 Å². The van der Waals surface area contributed by atoms with Crippen LogP contribution in [0, 0.1) is 0 Å². The van der Waals surface area contributed by atoms with E-state index < -0.39 is 23.6 Å². The molecule has 0 atom stereocenters. The van der Waals surface area contributed by atoms with Crippen molar-refractivity contribution in [2.45, 2.75) is 6.18 Å². The van der Waals surface area contributed by atoms with Gasteiger partial charge in [-0.2, -0.15) is 13.2 Å². The lowest BCUT2D eigenvalue weighted by atomic mass is 10.1. The number of ether oxygens (including phenoxy) is 1. The van der Waals surface area contributed by atoms with Crippen LogP contribution in [0.3, 0.4) is 0 Å². The average molecular weight is 423 g/mol. The first-order valence-electron chi connectivity index (χ1n) is 7.84. The first-order chi connectivity index (χ1) is 13.2. The van der Waals surface area contributed by atoms with Crippen molar-refractivity contribution >= 4 is 51.9 Å². The third-order valence-corrected chi connectivity index (χ3v) is 5.16. The number of amides is 1. The molecule has 0 saturated carbocycles. The van der Waals surface area contributed by atoms with Crippen LogP contribution in [0.1, 0.15) is 21.5 Å². The quantitative estimate of drug-likeness (QED) is 0.399. The third-order valence-electron chi connectivity index (χ3n) is 3.85. The number of carbonyl (C=O) groups is 2. The van der Waals surface area contributed by atoms with Crippen molar-refractivity contribution in [2.24, 2.45) is 0 Å². The molecule has 0 N–H and O–H groups in total. The van der Waals surface area contributed by atoms with Crippen LogP contribution in [0.2, 0.25) is 0 Å². The Morgan fingerprint density at radius 1 is 1.18 bits per heavy atom. The minimum atomic E-state index is -4.52. The van der Waals surface area contributed by atoms with Gasteiger partial charge in [-0.1, -0.05) is 42.2 Å². The molecular formula is C19H12F3NO3S2. The second-order valence-electron chi connectivity index (χ2n) is 5.68. The van der Waals surface area contributed by atoms with Gasteiger partial charge in [-0.05, 0) is 42.0 Å². The van der Waals surface area contributed by atoms with Crippen molar-refractivity contribution < 1.29 is 27.5 Å². The van der Waals surface area contributed by atoms with Gasteiger partial charge in [0, 0.05) is 0 Å². The number of halogens is 3. The molecule has 1 aliphatic heterocycles. The van der Waals surface area contributed by atoms with Gasteiger partial charge in [0.1, 0.15) is 0 Å². The Morgan fingerprint density at radius 3 is 2.46 bits per heavy atom. The number of alkyl halides is 3. The smallest absolute Gasteiger partial charge is 0.416 e. The van der Waals surface area contributed by atoms with E-state index in [0.29, 0.717) is 11.1 Å². The molecule has 2 aromatic carbocycles. The standard InChI is InChI=1S/C19H12F3NO3S2/c1-26-17(25)12-7-5-11(6-8-12)9-15-16(24)23(18(27)28-15)14-4-2-3-13(10-14)19(20,21)22/h2-10H,1H3. The van der Waals surface area contributed by atoms with E-state index in [9.17, 15) is 22.8 Å². The summed E-state index contributed by atoms with van der Waals surface area (Å²) in [7, 11) is 1.27. The minimum Gasteiger partial charge on any atom is -0.465 e. The van der Waals surface area contributed by atoms with E-state index in [-0.39, 0.29) is 14.9 Å². The predicted octanol–water partition coefficient (Wildman–Crippen LogP) is 4.90. The van der Waals surface area contributed by atoms with Crippen LogP contribution in [-0.2, 0) is 15.7 Å². The molecule has 0 radical (unpaired) electrons. The molecule has 1 saturated heterocycles. The van der Waals surface area contributed by atoms with Crippen molar-refractivity contribution in [3.05, 3.63) is 70.1 Å². The molecule has 0 spiro atoms. The SMILES string of the molecule is COC(=O)c1ccc(C=C2SC(=S)N(c3cccc(C(F)(F)F)c3)C2=O)cc1. The molecule has 1 heterocycles. The molecule has 144 valence electrons. The maximum Gasteiger partial charge on any atom is 0.416 e. The van der Waals surface area contributed by atoms with Crippen molar-refractivity contribution in [1.29, 1.82) is 0 Å². The number of benzene rings is 2. The number of hydrogen-bond donors (Lipinski definition) is 0. The van der Waals surface area contributed by atoms with Crippen molar-refractivity contribution in [3.63, 3.8) is 0 Å². The number of thioether (sulfide) groups is 1. The number of esters is 1. The van der Waals surface area contributed by atoms with Gasteiger partial charge in [-0.25, -0.2) is 4.79 Å². The van der Waals surface area contributed by atoms with E-state index in [2.05, 4.69) is 4.74 Å². The predicted molar refractivity (Wildman–Crippen MR) is 105 cm³/mol. The molecule has 28 heavy (non-hydrogen) atoms. The van der Waals surface area contributed by atoms with Crippen molar-refractivity contribution in [2.75, 3.05) is 12.0 Å². The topological polar surface area (TPSA) is 46.6 Å². The number of methoxy groups -OCH3 is 1. The van der Waals surface area contributed by atoms with E-state index in [0.717, 1.165) is 28.8 Å². The maximum absolute atomic E-state index is 12.9. The fraction of sp³-hybridized carbons (Fsp3) is 0.105. The zero-order chi connectivity index (χ0) is 20.5. The van der Waals surface area contributed by atoms with E-state index in [4.69, 9.17) is 12.2 Å². The zero-order valence-corrected chi connectivity index (χ0v) is 16.0. The molecule has 1 aliphatic rings. The van der Waals surface area contributed by atoms with E-state index >= 15 is 0 Å².